The molecule has 2 N–H and O–H groups in total. The zero-order valence-electron chi connectivity index (χ0n) is 16.1. The van der Waals surface area contributed by atoms with Crippen molar-refractivity contribution in [1.29, 1.82) is 0 Å². The van der Waals surface area contributed by atoms with Gasteiger partial charge in [-0.25, -0.2) is 27.7 Å². The monoisotopic (exact) mass is 420 g/mol. The SMILES string of the molecule is Cc1nonc1C(=O)NCc1cn2ncc(C(C)N3CC(F)(F)CNC3=O)cc2n1. The first-order chi connectivity index (χ1) is 14.2. The van der Waals surface area contributed by atoms with Crippen molar-refractivity contribution in [1.82, 2.24) is 40.4 Å². The fraction of sp³-hybridized carbons (Fsp3) is 0.412. The Morgan fingerprint density at radius 2 is 2.23 bits per heavy atom. The van der Waals surface area contributed by atoms with E-state index in [-0.39, 0.29) is 12.2 Å². The van der Waals surface area contributed by atoms with Crippen molar-refractivity contribution >= 4 is 17.6 Å². The quantitative estimate of drug-likeness (QED) is 0.631. The molecular formula is C17H18F2N8O3. The van der Waals surface area contributed by atoms with E-state index < -0.39 is 37.0 Å². The number of rotatable bonds is 5. The molecule has 30 heavy (non-hydrogen) atoms. The van der Waals surface area contributed by atoms with Crippen LogP contribution in [-0.2, 0) is 6.54 Å². The lowest BCUT2D eigenvalue weighted by atomic mass is 10.1. The van der Waals surface area contributed by atoms with Gasteiger partial charge in [0.1, 0.15) is 5.69 Å². The second kappa shape index (κ2) is 7.31. The number of imidazole rings is 1. The number of hydrogen-bond donors (Lipinski definition) is 2. The van der Waals surface area contributed by atoms with Crippen LogP contribution in [0, 0.1) is 6.92 Å². The highest BCUT2D eigenvalue weighted by molar-refractivity contribution is 5.92. The zero-order valence-corrected chi connectivity index (χ0v) is 16.1. The molecule has 0 bridgehead atoms. The number of alkyl halides is 2. The normalized spacial score (nSPS) is 17.1. The molecule has 0 saturated carbocycles. The van der Waals surface area contributed by atoms with E-state index in [1.54, 1.807) is 26.1 Å². The topological polar surface area (TPSA) is 131 Å². The number of nitrogens with zero attached hydrogens (tertiary/aromatic N) is 6. The first kappa shape index (κ1) is 19.7. The Balaban J connectivity index is 1.49. The molecule has 1 aliphatic heterocycles. The van der Waals surface area contributed by atoms with E-state index >= 15 is 0 Å². The van der Waals surface area contributed by atoms with Crippen molar-refractivity contribution in [3.8, 4) is 0 Å². The number of urea groups is 1. The molecule has 3 aromatic heterocycles. The molecule has 1 saturated heterocycles. The second-order valence-electron chi connectivity index (χ2n) is 7.02. The molecule has 0 aliphatic carbocycles. The predicted octanol–water partition coefficient (Wildman–Crippen LogP) is 1.07. The van der Waals surface area contributed by atoms with Crippen LogP contribution in [0.1, 0.15) is 40.4 Å². The highest BCUT2D eigenvalue weighted by Gasteiger charge is 2.41. The Morgan fingerprint density at radius 3 is 2.97 bits per heavy atom. The van der Waals surface area contributed by atoms with Gasteiger partial charge in [-0.2, -0.15) is 5.10 Å². The molecule has 3 amide bonds. The lowest BCUT2D eigenvalue weighted by molar-refractivity contribution is -0.0428. The predicted molar refractivity (Wildman–Crippen MR) is 96.7 cm³/mol. The summed E-state index contributed by atoms with van der Waals surface area (Å²) >= 11 is 0. The van der Waals surface area contributed by atoms with E-state index in [2.05, 4.69) is 35.7 Å². The molecular weight excluding hydrogens is 402 g/mol. The summed E-state index contributed by atoms with van der Waals surface area (Å²) in [6, 6.07) is 0.475. The van der Waals surface area contributed by atoms with E-state index in [0.717, 1.165) is 4.90 Å². The van der Waals surface area contributed by atoms with Gasteiger partial charge in [-0.15, -0.1) is 0 Å². The number of carbonyl (C=O) groups excluding carboxylic acids is 2. The van der Waals surface area contributed by atoms with Gasteiger partial charge in [0, 0.05) is 0 Å². The number of halogens is 2. The maximum Gasteiger partial charge on any atom is 0.318 e. The first-order valence-electron chi connectivity index (χ1n) is 9.07. The van der Waals surface area contributed by atoms with Crippen molar-refractivity contribution in [3.63, 3.8) is 0 Å². The zero-order chi connectivity index (χ0) is 21.5. The van der Waals surface area contributed by atoms with Gasteiger partial charge in [0.2, 0.25) is 0 Å². The van der Waals surface area contributed by atoms with Crippen LogP contribution in [0.4, 0.5) is 13.6 Å². The summed E-state index contributed by atoms with van der Waals surface area (Å²) in [7, 11) is 0. The number of fused-ring (bicyclic) bond motifs is 1. The van der Waals surface area contributed by atoms with Gasteiger partial charge in [0.05, 0.1) is 43.8 Å². The van der Waals surface area contributed by atoms with E-state index in [0.29, 0.717) is 22.6 Å². The maximum atomic E-state index is 13.7. The fourth-order valence-electron chi connectivity index (χ4n) is 3.12. The number of carbonyl (C=O) groups is 2. The highest BCUT2D eigenvalue weighted by atomic mass is 19.3. The standard InChI is InChI=1S/C17H18F2N8O3/c1-9-14(25-30-24-9)15(28)20-5-12-6-27-13(23-12)3-11(4-22-27)10(2)26-8-17(18,19)7-21-16(26)29/h3-4,6,10H,5,7-8H2,1-2H3,(H,20,28)(H,21,29). The lowest BCUT2D eigenvalue weighted by Gasteiger charge is -2.36. The molecule has 4 rings (SSSR count). The van der Waals surface area contributed by atoms with Gasteiger partial charge in [0.15, 0.2) is 11.3 Å². The maximum absolute atomic E-state index is 13.7. The third kappa shape index (κ3) is 3.77. The minimum atomic E-state index is -3.00. The Morgan fingerprint density at radius 1 is 1.43 bits per heavy atom. The van der Waals surface area contributed by atoms with Crippen LogP contribution in [0.2, 0.25) is 0 Å². The third-order valence-corrected chi connectivity index (χ3v) is 4.80. The van der Waals surface area contributed by atoms with Crippen molar-refractivity contribution in [2.75, 3.05) is 13.1 Å². The van der Waals surface area contributed by atoms with E-state index in [1.165, 1.54) is 10.7 Å². The smallest absolute Gasteiger partial charge is 0.318 e. The van der Waals surface area contributed by atoms with Crippen LogP contribution < -0.4 is 10.6 Å². The van der Waals surface area contributed by atoms with Crippen LogP contribution >= 0.6 is 0 Å². The Bertz CT molecular complexity index is 1110. The molecule has 13 heteroatoms. The van der Waals surface area contributed by atoms with Crippen LogP contribution in [0.3, 0.4) is 0 Å². The molecule has 0 aromatic carbocycles. The summed E-state index contributed by atoms with van der Waals surface area (Å²) < 4.78 is 33.4. The molecule has 0 radical (unpaired) electrons. The van der Waals surface area contributed by atoms with E-state index in [4.69, 9.17) is 0 Å². The number of hydrogen-bond acceptors (Lipinski definition) is 7. The molecule has 158 valence electrons. The number of aromatic nitrogens is 5. The Hall–Kier alpha value is -3.64. The lowest BCUT2D eigenvalue weighted by Crippen LogP contribution is -2.57. The van der Waals surface area contributed by atoms with Crippen LogP contribution in [0.15, 0.2) is 23.1 Å². The highest BCUT2D eigenvalue weighted by Crippen LogP contribution is 2.27. The largest absolute Gasteiger partial charge is 0.345 e. The summed E-state index contributed by atoms with van der Waals surface area (Å²) in [5.74, 6) is -3.46. The van der Waals surface area contributed by atoms with Crippen molar-refractivity contribution in [2.24, 2.45) is 0 Å². The molecule has 11 nitrogen and oxygen atoms in total. The third-order valence-electron chi connectivity index (χ3n) is 4.80. The van der Waals surface area contributed by atoms with Gasteiger partial charge in [0.25, 0.3) is 11.8 Å². The van der Waals surface area contributed by atoms with Crippen LogP contribution in [0.25, 0.3) is 5.65 Å². The van der Waals surface area contributed by atoms with Gasteiger partial charge in [-0.05, 0) is 30.6 Å². The summed E-state index contributed by atoms with van der Waals surface area (Å²) in [6.45, 7) is 2.01. The number of amides is 3. The molecule has 3 aromatic rings. The minimum Gasteiger partial charge on any atom is -0.345 e. The van der Waals surface area contributed by atoms with E-state index in [9.17, 15) is 18.4 Å². The number of aryl methyl sites for hydroxylation is 1. The van der Waals surface area contributed by atoms with Crippen molar-refractivity contribution in [3.05, 3.63) is 41.1 Å². The van der Waals surface area contributed by atoms with Crippen molar-refractivity contribution in [2.45, 2.75) is 32.4 Å². The first-order valence-corrected chi connectivity index (χ1v) is 9.07. The Kier molecular flexibility index (Phi) is 4.79. The molecule has 4 heterocycles. The molecule has 1 unspecified atom stereocenters. The molecule has 1 aliphatic rings. The van der Waals surface area contributed by atoms with Crippen LogP contribution in [-0.4, -0.2) is 60.8 Å². The Labute approximate surface area is 168 Å². The molecule has 0 spiro atoms. The van der Waals surface area contributed by atoms with Crippen LogP contribution in [0.5, 0.6) is 0 Å². The molecule has 1 fully saturated rings. The summed E-state index contributed by atoms with van der Waals surface area (Å²) in [4.78, 5) is 29.6. The number of nitrogens with one attached hydrogen (secondary N) is 2. The van der Waals surface area contributed by atoms with Crippen molar-refractivity contribution < 1.29 is 23.0 Å². The summed E-state index contributed by atoms with van der Waals surface area (Å²) in [5.41, 5.74) is 1.99. The summed E-state index contributed by atoms with van der Waals surface area (Å²) in [5, 5.41) is 16.2. The fourth-order valence-corrected chi connectivity index (χ4v) is 3.12. The van der Waals surface area contributed by atoms with Gasteiger partial charge < -0.3 is 15.5 Å². The molecule has 1 atom stereocenters. The average Bonchev–Trinajstić information content (AvgIpc) is 3.32. The average molecular weight is 420 g/mol. The summed E-state index contributed by atoms with van der Waals surface area (Å²) in [6.07, 6.45) is 3.12. The van der Waals surface area contributed by atoms with Gasteiger partial charge in [-0.1, -0.05) is 5.16 Å². The second-order valence-corrected chi connectivity index (χ2v) is 7.02. The van der Waals surface area contributed by atoms with Gasteiger partial charge in [-0.3, -0.25) is 4.79 Å². The van der Waals surface area contributed by atoms with Gasteiger partial charge >= 0.3 is 6.03 Å². The van der Waals surface area contributed by atoms with E-state index in [1.807, 2.05) is 0 Å². The minimum absolute atomic E-state index is 0.0876.